The molecule has 0 unspecified atom stereocenters. The van der Waals surface area contributed by atoms with E-state index >= 15 is 0 Å². The number of ether oxygens (including phenoxy) is 1. The number of halogens is 2. The smallest absolute Gasteiger partial charge is 0.319 e. The van der Waals surface area contributed by atoms with Gasteiger partial charge in [-0.3, -0.25) is 0 Å². The van der Waals surface area contributed by atoms with Gasteiger partial charge in [0.1, 0.15) is 0 Å². The van der Waals surface area contributed by atoms with Gasteiger partial charge in [0.25, 0.3) is 0 Å². The predicted molar refractivity (Wildman–Crippen MR) is 102 cm³/mol. The first-order valence-electron chi connectivity index (χ1n) is 8.22. The quantitative estimate of drug-likeness (QED) is 0.797. The Balaban J connectivity index is 1.66. The summed E-state index contributed by atoms with van der Waals surface area (Å²) in [6, 6.07) is 15.0. The van der Waals surface area contributed by atoms with Gasteiger partial charge in [0, 0.05) is 30.9 Å². The van der Waals surface area contributed by atoms with Crippen LogP contribution in [0, 0.1) is 0 Å². The molecule has 4 nitrogen and oxygen atoms in total. The molecule has 0 spiro atoms. The van der Waals surface area contributed by atoms with Crippen molar-refractivity contribution in [2.75, 3.05) is 25.1 Å². The topological polar surface area (TPSA) is 50.4 Å². The summed E-state index contributed by atoms with van der Waals surface area (Å²) in [5.41, 5.74) is 1.73. The van der Waals surface area contributed by atoms with Gasteiger partial charge in [-0.15, -0.1) is 0 Å². The van der Waals surface area contributed by atoms with E-state index in [2.05, 4.69) is 22.8 Å². The van der Waals surface area contributed by atoms with Gasteiger partial charge < -0.3 is 15.4 Å². The van der Waals surface area contributed by atoms with Gasteiger partial charge in [-0.2, -0.15) is 0 Å². The molecule has 3 rings (SSSR count). The maximum atomic E-state index is 12.3. The van der Waals surface area contributed by atoms with E-state index in [9.17, 15) is 4.79 Å². The third-order valence-corrected chi connectivity index (χ3v) is 5.34. The number of nitrogens with one attached hydrogen (secondary N) is 2. The van der Waals surface area contributed by atoms with Gasteiger partial charge in [-0.1, -0.05) is 53.5 Å². The summed E-state index contributed by atoms with van der Waals surface area (Å²) in [5, 5.41) is 6.65. The van der Waals surface area contributed by atoms with Crippen LogP contribution in [0.3, 0.4) is 0 Å². The molecule has 0 aromatic heterocycles. The predicted octanol–water partition coefficient (Wildman–Crippen LogP) is 4.86. The first-order chi connectivity index (χ1) is 12.1. The van der Waals surface area contributed by atoms with Crippen molar-refractivity contribution >= 4 is 34.9 Å². The Labute approximate surface area is 157 Å². The Hall–Kier alpha value is -1.75. The Morgan fingerprint density at radius 3 is 2.44 bits per heavy atom. The number of anilines is 1. The second kappa shape index (κ2) is 8.09. The monoisotopic (exact) mass is 378 g/mol. The molecule has 0 radical (unpaired) electrons. The van der Waals surface area contributed by atoms with Crippen LogP contribution in [0.2, 0.25) is 10.0 Å². The van der Waals surface area contributed by atoms with E-state index in [1.54, 1.807) is 18.2 Å². The molecule has 2 aromatic carbocycles. The van der Waals surface area contributed by atoms with Crippen LogP contribution in [-0.4, -0.2) is 25.8 Å². The van der Waals surface area contributed by atoms with Gasteiger partial charge in [0.15, 0.2) is 0 Å². The highest BCUT2D eigenvalue weighted by atomic mass is 35.5. The van der Waals surface area contributed by atoms with Crippen LogP contribution in [0.5, 0.6) is 0 Å². The van der Waals surface area contributed by atoms with E-state index in [4.69, 9.17) is 27.9 Å². The molecular weight excluding hydrogens is 359 g/mol. The van der Waals surface area contributed by atoms with Crippen molar-refractivity contribution in [3.05, 3.63) is 64.1 Å². The molecule has 6 heteroatoms. The van der Waals surface area contributed by atoms with Gasteiger partial charge in [0.2, 0.25) is 0 Å². The number of benzene rings is 2. The van der Waals surface area contributed by atoms with Crippen molar-refractivity contribution < 1.29 is 9.53 Å². The Morgan fingerprint density at radius 2 is 1.76 bits per heavy atom. The summed E-state index contributed by atoms with van der Waals surface area (Å²) < 4.78 is 5.52. The summed E-state index contributed by atoms with van der Waals surface area (Å²) >= 11 is 11.9. The van der Waals surface area contributed by atoms with Crippen LogP contribution in [0.4, 0.5) is 10.5 Å². The zero-order valence-corrected chi connectivity index (χ0v) is 15.2. The number of hydrogen-bond donors (Lipinski definition) is 2. The Kier molecular flexibility index (Phi) is 5.84. The molecule has 2 N–H and O–H groups in total. The fraction of sp³-hybridized carbons (Fsp3) is 0.316. The van der Waals surface area contributed by atoms with Gasteiger partial charge in [0.05, 0.1) is 10.0 Å². The molecule has 0 bridgehead atoms. The fourth-order valence-corrected chi connectivity index (χ4v) is 3.42. The van der Waals surface area contributed by atoms with E-state index < -0.39 is 0 Å². The average molecular weight is 379 g/mol. The summed E-state index contributed by atoms with van der Waals surface area (Å²) in [6.07, 6.45) is 1.76. The molecule has 1 heterocycles. The number of rotatable bonds is 4. The number of carbonyl (C=O) groups is 1. The molecular formula is C19H20Cl2N2O2. The summed E-state index contributed by atoms with van der Waals surface area (Å²) in [4.78, 5) is 12.3. The lowest BCUT2D eigenvalue weighted by molar-refractivity contribution is 0.0508. The second-order valence-electron chi connectivity index (χ2n) is 6.20. The van der Waals surface area contributed by atoms with Crippen molar-refractivity contribution in [3.63, 3.8) is 0 Å². The molecule has 25 heavy (non-hydrogen) atoms. The van der Waals surface area contributed by atoms with Crippen LogP contribution < -0.4 is 10.6 Å². The van der Waals surface area contributed by atoms with Crippen molar-refractivity contribution in [2.24, 2.45) is 0 Å². The number of hydrogen-bond acceptors (Lipinski definition) is 2. The second-order valence-corrected chi connectivity index (χ2v) is 7.01. The lowest BCUT2D eigenvalue weighted by atomic mass is 9.74. The highest BCUT2D eigenvalue weighted by molar-refractivity contribution is 6.42. The number of amides is 2. The maximum absolute atomic E-state index is 12.3. The van der Waals surface area contributed by atoms with E-state index in [1.165, 1.54) is 5.56 Å². The SMILES string of the molecule is O=C(NCC1(c2ccccc2)CCOCC1)Nc1ccc(Cl)c(Cl)c1. The molecule has 0 saturated carbocycles. The minimum Gasteiger partial charge on any atom is -0.381 e. The van der Waals surface area contributed by atoms with E-state index in [1.807, 2.05) is 18.2 Å². The lowest BCUT2D eigenvalue weighted by Crippen LogP contribution is -2.45. The normalized spacial score (nSPS) is 16.2. The molecule has 0 atom stereocenters. The van der Waals surface area contributed by atoms with Crippen LogP contribution in [0.1, 0.15) is 18.4 Å². The summed E-state index contributed by atoms with van der Waals surface area (Å²) in [5.74, 6) is 0. The minimum absolute atomic E-state index is 0.103. The van der Waals surface area contributed by atoms with Crippen LogP contribution in [-0.2, 0) is 10.2 Å². The van der Waals surface area contributed by atoms with Gasteiger partial charge >= 0.3 is 6.03 Å². The largest absolute Gasteiger partial charge is 0.381 e. The van der Waals surface area contributed by atoms with Gasteiger partial charge in [-0.05, 0) is 36.6 Å². The highest BCUT2D eigenvalue weighted by Crippen LogP contribution is 2.34. The molecule has 0 aliphatic carbocycles. The third kappa shape index (κ3) is 4.46. The first kappa shape index (κ1) is 18.1. The molecule has 1 fully saturated rings. The van der Waals surface area contributed by atoms with Crippen LogP contribution >= 0.6 is 23.2 Å². The number of carbonyl (C=O) groups excluding carboxylic acids is 1. The molecule has 1 aliphatic rings. The summed E-state index contributed by atoms with van der Waals surface area (Å²) in [7, 11) is 0. The van der Waals surface area contributed by atoms with Crippen LogP contribution in [0.25, 0.3) is 0 Å². The zero-order chi connectivity index (χ0) is 17.7. The average Bonchev–Trinajstić information content (AvgIpc) is 2.65. The van der Waals surface area contributed by atoms with E-state index in [0.29, 0.717) is 35.5 Å². The van der Waals surface area contributed by atoms with E-state index in [-0.39, 0.29) is 11.4 Å². The Morgan fingerprint density at radius 1 is 1.04 bits per heavy atom. The third-order valence-electron chi connectivity index (χ3n) is 4.60. The van der Waals surface area contributed by atoms with Crippen molar-refractivity contribution in [1.29, 1.82) is 0 Å². The first-order valence-corrected chi connectivity index (χ1v) is 8.98. The molecule has 1 saturated heterocycles. The Bertz CT molecular complexity index is 731. The number of urea groups is 1. The summed E-state index contributed by atoms with van der Waals surface area (Å²) in [6.45, 7) is 1.95. The highest BCUT2D eigenvalue weighted by Gasteiger charge is 2.34. The molecule has 132 valence electrons. The van der Waals surface area contributed by atoms with Gasteiger partial charge in [-0.25, -0.2) is 4.79 Å². The standard InChI is InChI=1S/C19H20Cl2N2O2/c20-16-7-6-15(12-17(16)21)23-18(24)22-13-19(8-10-25-11-9-19)14-4-2-1-3-5-14/h1-7,12H,8-11,13H2,(H2,22,23,24). The van der Waals surface area contributed by atoms with Crippen molar-refractivity contribution in [1.82, 2.24) is 5.32 Å². The molecule has 1 aliphatic heterocycles. The zero-order valence-electron chi connectivity index (χ0n) is 13.7. The minimum atomic E-state index is -0.264. The van der Waals surface area contributed by atoms with Crippen molar-refractivity contribution in [3.8, 4) is 0 Å². The van der Waals surface area contributed by atoms with Crippen LogP contribution in [0.15, 0.2) is 48.5 Å². The van der Waals surface area contributed by atoms with E-state index in [0.717, 1.165) is 12.8 Å². The molecule has 2 aromatic rings. The lowest BCUT2D eigenvalue weighted by Gasteiger charge is -2.38. The maximum Gasteiger partial charge on any atom is 0.319 e. The molecule has 2 amide bonds. The fourth-order valence-electron chi connectivity index (χ4n) is 3.12. The van der Waals surface area contributed by atoms with Crippen molar-refractivity contribution in [2.45, 2.75) is 18.3 Å².